The lowest BCUT2D eigenvalue weighted by Gasteiger charge is -2.16. The molecule has 35 heavy (non-hydrogen) atoms. The van der Waals surface area contributed by atoms with Crippen LogP contribution in [0.25, 0.3) is 16.6 Å². The summed E-state index contributed by atoms with van der Waals surface area (Å²) in [6.45, 7) is 5.39. The Bertz CT molecular complexity index is 1550. The molecular formula is C25H21ClN4O4S. The van der Waals surface area contributed by atoms with Gasteiger partial charge in [-0.25, -0.2) is 4.98 Å². The molecule has 4 rings (SSSR count). The van der Waals surface area contributed by atoms with Gasteiger partial charge in [-0.05, 0) is 67.8 Å². The van der Waals surface area contributed by atoms with Crippen LogP contribution in [0, 0.1) is 30.9 Å². The Morgan fingerprint density at radius 2 is 1.83 bits per heavy atom. The van der Waals surface area contributed by atoms with Crippen molar-refractivity contribution in [3.05, 3.63) is 96.8 Å². The number of anilines is 1. The van der Waals surface area contributed by atoms with Crippen molar-refractivity contribution in [2.75, 3.05) is 11.1 Å². The number of nitro groups is 1. The van der Waals surface area contributed by atoms with E-state index in [2.05, 4.69) is 10.3 Å². The van der Waals surface area contributed by atoms with E-state index in [1.54, 1.807) is 62.4 Å². The van der Waals surface area contributed by atoms with Crippen LogP contribution in [-0.4, -0.2) is 26.1 Å². The van der Waals surface area contributed by atoms with Crippen LogP contribution in [0.3, 0.4) is 0 Å². The highest BCUT2D eigenvalue weighted by Crippen LogP contribution is 2.29. The third kappa shape index (κ3) is 4.91. The van der Waals surface area contributed by atoms with Crippen molar-refractivity contribution in [2.24, 2.45) is 0 Å². The summed E-state index contributed by atoms with van der Waals surface area (Å²) in [5, 5.41) is 15.3. The average Bonchev–Trinajstić information content (AvgIpc) is 2.82. The first-order valence-electron chi connectivity index (χ1n) is 10.6. The molecule has 0 radical (unpaired) electrons. The predicted octanol–water partition coefficient (Wildman–Crippen LogP) is 5.60. The highest BCUT2D eigenvalue weighted by atomic mass is 35.5. The molecule has 0 unspecified atom stereocenters. The van der Waals surface area contributed by atoms with Gasteiger partial charge in [0.1, 0.15) is 5.69 Å². The van der Waals surface area contributed by atoms with E-state index >= 15 is 0 Å². The molecule has 0 spiro atoms. The Balaban J connectivity index is 1.70. The summed E-state index contributed by atoms with van der Waals surface area (Å²) in [5.74, 6) is -0.577. The van der Waals surface area contributed by atoms with E-state index in [1.807, 2.05) is 6.92 Å². The third-order valence-corrected chi connectivity index (χ3v) is 6.99. The molecule has 0 bridgehead atoms. The van der Waals surface area contributed by atoms with Gasteiger partial charge in [0.25, 0.3) is 11.2 Å². The van der Waals surface area contributed by atoms with E-state index in [0.29, 0.717) is 32.3 Å². The lowest BCUT2D eigenvalue weighted by Crippen LogP contribution is -2.23. The first-order valence-corrected chi connectivity index (χ1v) is 12.0. The number of carbonyl (C=O) groups excluding carboxylic acids is 1. The molecule has 8 nitrogen and oxygen atoms in total. The Kier molecular flexibility index (Phi) is 6.90. The summed E-state index contributed by atoms with van der Waals surface area (Å²) in [6, 6.07) is 15.2. The van der Waals surface area contributed by atoms with Gasteiger partial charge in [0.2, 0.25) is 5.91 Å². The highest BCUT2D eigenvalue weighted by Gasteiger charge is 2.20. The van der Waals surface area contributed by atoms with Crippen LogP contribution in [0.1, 0.15) is 16.7 Å². The van der Waals surface area contributed by atoms with Crippen molar-refractivity contribution in [1.29, 1.82) is 0 Å². The molecule has 178 valence electrons. The van der Waals surface area contributed by atoms with Crippen LogP contribution < -0.4 is 10.9 Å². The van der Waals surface area contributed by atoms with Crippen LogP contribution >= 0.6 is 23.4 Å². The Morgan fingerprint density at radius 3 is 2.57 bits per heavy atom. The minimum absolute atomic E-state index is 0.117. The quantitative estimate of drug-likeness (QED) is 0.157. The fourth-order valence-corrected chi connectivity index (χ4v) is 4.60. The van der Waals surface area contributed by atoms with E-state index in [1.165, 1.54) is 10.6 Å². The van der Waals surface area contributed by atoms with Gasteiger partial charge in [-0.15, -0.1) is 0 Å². The Hall–Kier alpha value is -3.69. The van der Waals surface area contributed by atoms with Crippen molar-refractivity contribution >= 4 is 51.5 Å². The number of nitrogens with zero attached hydrogens (tertiary/aromatic N) is 3. The molecule has 0 saturated heterocycles. The molecular weight excluding hydrogens is 488 g/mol. The number of thioether (sulfide) groups is 1. The number of aromatic nitrogens is 2. The standard InChI is InChI=1S/C25H21ClN4O4S/c1-14-11-20(22(30(33)34)12-15(14)2)27-23(31)13-35-25-28-19-9-5-4-7-17(19)24(32)29(25)21-10-6-8-18(26)16(21)3/h4-12H,13H2,1-3H3,(H,27,31). The molecule has 1 amide bonds. The predicted molar refractivity (Wildman–Crippen MR) is 139 cm³/mol. The van der Waals surface area contributed by atoms with Gasteiger partial charge < -0.3 is 5.32 Å². The van der Waals surface area contributed by atoms with Crippen LogP contribution in [0.2, 0.25) is 5.02 Å². The molecule has 1 heterocycles. The largest absolute Gasteiger partial charge is 0.320 e. The van der Waals surface area contributed by atoms with Gasteiger partial charge in [0.05, 0.1) is 27.3 Å². The molecule has 1 aromatic heterocycles. The van der Waals surface area contributed by atoms with Gasteiger partial charge in [-0.1, -0.05) is 41.6 Å². The SMILES string of the molecule is Cc1cc(NC(=O)CSc2nc3ccccc3c(=O)n2-c2cccc(Cl)c2C)c([N+](=O)[O-])cc1C. The van der Waals surface area contributed by atoms with Crippen LogP contribution in [0.5, 0.6) is 0 Å². The number of aryl methyl sites for hydroxylation is 2. The topological polar surface area (TPSA) is 107 Å². The summed E-state index contributed by atoms with van der Waals surface area (Å²) in [6.07, 6.45) is 0. The third-order valence-electron chi connectivity index (χ3n) is 5.64. The number of para-hydroxylation sites is 1. The number of hydrogen-bond donors (Lipinski definition) is 1. The fourth-order valence-electron chi connectivity index (χ4n) is 3.63. The number of rotatable bonds is 6. The zero-order valence-electron chi connectivity index (χ0n) is 19.2. The molecule has 0 aliphatic carbocycles. The number of carbonyl (C=O) groups is 1. The summed E-state index contributed by atoms with van der Waals surface area (Å²) in [5.41, 5.74) is 3.00. The number of amides is 1. The number of hydrogen-bond acceptors (Lipinski definition) is 6. The fraction of sp³-hybridized carbons (Fsp3) is 0.160. The van der Waals surface area contributed by atoms with Crippen molar-refractivity contribution in [1.82, 2.24) is 9.55 Å². The Labute approximate surface area is 210 Å². The first kappa shape index (κ1) is 24.4. The molecule has 10 heteroatoms. The molecule has 0 aliphatic heterocycles. The summed E-state index contributed by atoms with van der Waals surface area (Å²) in [7, 11) is 0. The minimum atomic E-state index is -0.528. The average molecular weight is 509 g/mol. The number of nitro benzene ring substituents is 1. The number of nitrogens with one attached hydrogen (secondary N) is 1. The Morgan fingerprint density at radius 1 is 1.11 bits per heavy atom. The molecule has 0 atom stereocenters. The zero-order valence-corrected chi connectivity index (χ0v) is 20.7. The van der Waals surface area contributed by atoms with Crippen LogP contribution in [0.4, 0.5) is 11.4 Å². The van der Waals surface area contributed by atoms with Crippen LogP contribution in [0.15, 0.2) is 64.5 Å². The number of fused-ring (bicyclic) bond motifs is 1. The smallest absolute Gasteiger partial charge is 0.293 e. The van der Waals surface area contributed by atoms with Gasteiger partial charge in [-0.2, -0.15) is 0 Å². The lowest BCUT2D eigenvalue weighted by atomic mass is 10.1. The monoisotopic (exact) mass is 508 g/mol. The van der Waals surface area contributed by atoms with Crippen molar-refractivity contribution in [2.45, 2.75) is 25.9 Å². The second kappa shape index (κ2) is 9.89. The van der Waals surface area contributed by atoms with E-state index < -0.39 is 10.8 Å². The normalized spacial score (nSPS) is 11.0. The molecule has 4 aromatic rings. The molecule has 0 saturated carbocycles. The van der Waals surface area contributed by atoms with Gasteiger partial charge in [-0.3, -0.25) is 24.3 Å². The maximum atomic E-state index is 13.4. The van der Waals surface area contributed by atoms with Crippen molar-refractivity contribution in [3.63, 3.8) is 0 Å². The molecule has 3 aromatic carbocycles. The molecule has 0 fully saturated rings. The maximum absolute atomic E-state index is 13.4. The van der Waals surface area contributed by atoms with Gasteiger partial charge >= 0.3 is 0 Å². The maximum Gasteiger partial charge on any atom is 0.293 e. The second-order valence-corrected chi connectivity index (χ2v) is 9.33. The van der Waals surface area contributed by atoms with E-state index in [0.717, 1.165) is 22.9 Å². The van der Waals surface area contributed by atoms with Crippen molar-refractivity contribution in [3.8, 4) is 5.69 Å². The van der Waals surface area contributed by atoms with Gasteiger partial charge in [0, 0.05) is 11.1 Å². The summed E-state index contributed by atoms with van der Waals surface area (Å²) in [4.78, 5) is 41.8. The highest BCUT2D eigenvalue weighted by molar-refractivity contribution is 7.99. The minimum Gasteiger partial charge on any atom is -0.320 e. The first-order chi connectivity index (χ1) is 16.7. The van der Waals surface area contributed by atoms with Crippen molar-refractivity contribution < 1.29 is 9.72 Å². The van der Waals surface area contributed by atoms with Gasteiger partial charge in [0.15, 0.2) is 5.16 Å². The van der Waals surface area contributed by atoms with E-state index in [4.69, 9.17) is 11.6 Å². The van der Waals surface area contributed by atoms with E-state index in [-0.39, 0.29) is 22.7 Å². The lowest BCUT2D eigenvalue weighted by molar-refractivity contribution is -0.384. The number of benzene rings is 3. The van der Waals surface area contributed by atoms with Crippen LogP contribution in [-0.2, 0) is 4.79 Å². The summed E-state index contributed by atoms with van der Waals surface area (Å²) >= 11 is 7.37. The number of halogens is 1. The summed E-state index contributed by atoms with van der Waals surface area (Å²) < 4.78 is 1.44. The van der Waals surface area contributed by atoms with E-state index in [9.17, 15) is 19.7 Å². The zero-order chi connectivity index (χ0) is 25.3. The second-order valence-electron chi connectivity index (χ2n) is 7.98. The molecule has 1 N–H and O–H groups in total. The molecule has 0 aliphatic rings.